The van der Waals surface area contributed by atoms with Crippen LogP contribution in [0.2, 0.25) is 0 Å². The van der Waals surface area contributed by atoms with Crippen molar-refractivity contribution in [3.63, 3.8) is 0 Å². The molecule has 7 nitrogen and oxygen atoms in total. The Hall–Kier alpha value is -3.99. The third-order valence-electron chi connectivity index (χ3n) is 6.12. The Morgan fingerprint density at radius 1 is 0.974 bits per heavy atom. The van der Waals surface area contributed by atoms with Crippen LogP contribution in [0.5, 0.6) is 11.5 Å². The quantitative estimate of drug-likeness (QED) is 0.301. The number of ether oxygens (including phenoxy) is 4. The van der Waals surface area contributed by atoms with Gasteiger partial charge in [0, 0.05) is 24.2 Å². The molecule has 1 amide bonds. The minimum atomic E-state index is -0.318. The van der Waals surface area contributed by atoms with Gasteiger partial charge in [-0.15, -0.1) is 0 Å². The van der Waals surface area contributed by atoms with E-state index >= 15 is 0 Å². The molecule has 1 fully saturated rings. The van der Waals surface area contributed by atoms with Crippen molar-refractivity contribution in [3.8, 4) is 23.5 Å². The molecule has 3 aromatic rings. The van der Waals surface area contributed by atoms with Crippen molar-refractivity contribution in [1.82, 2.24) is 5.32 Å². The van der Waals surface area contributed by atoms with Crippen molar-refractivity contribution >= 4 is 11.6 Å². The van der Waals surface area contributed by atoms with Crippen molar-refractivity contribution in [2.45, 2.75) is 32.6 Å². The number of para-hydroxylation sites is 1. The average molecular weight is 515 g/mol. The second kappa shape index (κ2) is 14.1. The molecule has 1 saturated heterocycles. The van der Waals surface area contributed by atoms with Crippen LogP contribution in [0.4, 0.5) is 5.69 Å². The Bertz CT molecular complexity index is 1230. The van der Waals surface area contributed by atoms with Gasteiger partial charge in [0.25, 0.3) is 0 Å². The van der Waals surface area contributed by atoms with E-state index in [2.05, 4.69) is 17.3 Å². The molecule has 1 heterocycles. The van der Waals surface area contributed by atoms with Gasteiger partial charge in [0.1, 0.15) is 30.3 Å². The third-order valence-corrected chi connectivity index (χ3v) is 6.12. The molecule has 1 atom stereocenters. The molecule has 1 aliphatic rings. The summed E-state index contributed by atoms with van der Waals surface area (Å²) in [4.78, 5) is 14.4. The molecule has 0 aliphatic carbocycles. The zero-order chi connectivity index (χ0) is 26.6. The number of nitrogens with one attached hydrogen (secondary N) is 1. The highest BCUT2D eigenvalue weighted by molar-refractivity contribution is 5.96. The summed E-state index contributed by atoms with van der Waals surface area (Å²) in [6, 6.07) is 23.2. The Morgan fingerprint density at radius 3 is 2.55 bits per heavy atom. The maximum atomic E-state index is 12.7. The predicted molar refractivity (Wildman–Crippen MR) is 147 cm³/mol. The van der Waals surface area contributed by atoms with Crippen LogP contribution in [0.15, 0.2) is 72.8 Å². The molecule has 0 spiro atoms. The number of carbonyl (C=O) groups excluding carboxylic acids is 1. The fourth-order valence-electron chi connectivity index (χ4n) is 4.08. The molecule has 4 rings (SSSR count). The topological polar surface area (TPSA) is 69.3 Å². The van der Waals surface area contributed by atoms with Gasteiger partial charge in [-0.25, -0.2) is 0 Å². The highest BCUT2D eigenvalue weighted by Gasteiger charge is 2.28. The number of piperazine rings is 1. The van der Waals surface area contributed by atoms with Gasteiger partial charge in [-0.1, -0.05) is 48.0 Å². The normalized spacial score (nSPS) is 14.9. The Balaban J connectivity index is 1.23. The highest BCUT2D eigenvalue weighted by atomic mass is 16.5. The second-order valence-electron chi connectivity index (χ2n) is 8.99. The molecule has 3 aromatic carbocycles. The van der Waals surface area contributed by atoms with Gasteiger partial charge >= 0.3 is 0 Å². The smallest absolute Gasteiger partial charge is 0.242 e. The van der Waals surface area contributed by atoms with Crippen molar-refractivity contribution in [3.05, 3.63) is 89.5 Å². The number of carbonyl (C=O) groups is 1. The van der Waals surface area contributed by atoms with Crippen LogP contribution in [0.1, 0.15) is 23.1 Å². The first kappa shape index (κ1) is 27.1. The predicted octanol–water partition coefficient (Wildman–Crippen LogP) is 4.47. The second-order valence-corrected chi connectivity index (χ2v) is 8.99. The van der Waals surface area contributed by atoms with E-state index in [1.165, 1.54) is 5.56 Å². The highest BCUT2D eigenvalue weighted by Crippen LogP contribution is 2.23. The number of hydrogen-bond donors (Lipinski definition) is 1. The van der Waals surface area contributed by atoms with Crippen molar-refractivity contribution in [2.75, 3.05) is 38.3 Å². The van der Waals surface area contributed by atoms with E-state index in [-0.39, 0.29) is 18.5 Å². The number of benzene rings is 3. The van der Waals surface area contributed by atoms with Crippen LogP contribution < -0.4 is 19.7 Å². The third kappa shape index (κ3) is 7.75. The largest absolute Gasteiger partial charge is 0.496 e. The maximum Gasteiger partial charge on any atom is 0.242 e. The van der Waals surface area contributed by atoms with Gasteiger partial charge in [0.15, 0.2) is 0 Å². The standard InChI is InChI=1S/C31H34N2O5/c1-24-8-10-25(11-9-24)22-37-19-16-28-20-32-21-31(34)33(28)27-12-14-29(15-13-27)38-18-5-17-36-23-26-6-3-4-7-30(26)35-2/h3-4,6-15,28,32H,5,17-18,20-23H2,1-2H3. The maximum absolute atomic E-state index is 12.7. The molecule has 0 bridgehead atoms. The Labute approximate surface area is 224 Å². The van der Waals surface area contributed by atoms with Gasteiger partial charge in [-0.2, -0.15) is 0 Å². The lowest BCUT2D eigenvalue weighted by Crippen LogP contribution is -2.54. The molecular formula is C31H34N2O5. The first-order chi connectivity index (χ1) is 18.6. The lowest BCUT2D eigenvalue weighted by atomic mass is 10.1. The molecule has 1 unspecified atom stereocenters. The molecule has 0 aromatic heterocycles. The number of anilines is 1. The van der Waals surface area contributed by atoms with Crippen LogP contribution in [0.3, 0.4) is 0 Å². The molecule has 0 radical (unpaired) electrons. The minimum Gasteiger partial charge on any atom is -0.496 e. The summed E-state index contributed by atoms with van der Waals surface area (Å²) >= 11 is 0. The summed E-state index contributed by atoms with van der Waals surface area (Å²) < 4.78 is 22.5. The van der Waals surface area contributed by atoms with Crippen molar-refractivity contribution in [1.29, 1.82) is 0 Å². The molecule has 1 N–H and O–H groups in total. The number of rotatable bonds is 11. The van der Waals surface area contributed by atoms with E-state index in [0.717, 1.165) is 34.7 Å². The van der Waals surface area contributed by atoms with Crippen molar-refractivity contribution < 1.29 is 23.7 Å². The van der Waals surface area contributed by atoms with E-state index < -0.39 is 0 Å². The van der Waals surface area contributed by atoms with E-state index in [1.54, 1.807) is 12.0 Å². The fourth-order valence-corrected chi connectivity index (χ4v) is 4.08. The van der Waals surface area contributed by atoms with Crippen LogP contribution in [0, 0.1) is 19.0 Å². The van der Waals surface area contributed by atoms with Gasteiger partial charge < -0.3 is 24.3 Å². The number of methoxy groups -OCH3 is 1. The van der Waals surface area contributed by atoms with E-state index in [0.29, 0.717) is 33.0 Å². The molecule has 7 heteroatoms. The minimum absolute atomic E-state index is 0.0325. The Kier molecular flexibility index (Phi) is 10.0. The van der Waals surface area contributed by atoms with E-state index in [4.69, 9.17) is 18.9 Å². The van der Waals surface area contributed by atoms with Gasteiger partial charge in [-0.05, 0) is 48.7 Å². The molecule has 38 heavy (non-hydrogen) atoms. The van der Waals surface area contributed by atoms with Crippen LogP contribution in [-0.2, 0) is 27.5 Å². The SMILES string of the molecule is COc1ccccc1COCCCOc1ccc(N2C(=O)CNCC2C#COCc2ccc(C)cc2)cc1. The van der Waals surface area contributed by atoms with Crippen LogP contribution in [-0.4, -0.2) is 45.4 Å². The molecular weight excluding hydrogens is 480 g/mol. The van der Waals surface area contributed by atoms with Gasteiger partial charge in [0.2, 0.25) is 5.91 Å². The zero-order valence-corrected chi connectivity index (χ0v) is 21.9. The summed E-state index contributed by atoms with van der Waals surface area (Å²) in [5, 5.41) is 3.13. The van der Waals surface area contributed by atoms with Gasteiger partial charge in [-0.3, -0.25) is 9.69 Å². The fraction of sp³-hybridized carbons (Fsp3) is 0.323. The average Bonchev–Trinajstić information content (AvgIpc) is 2.94. The van der Waals surface area contributed by atoms with Crippen LogP contribution in [0.25, 0.3) is 0 Å². The monoisotopic (exact) mass is 514 g/mol. The summed E-state index contributed by atoms with van der Waals surface area (Å²) in [6.45, 7) is 4.90. The van der Waals surface area contributed by atoms with Crippen LogP contribution >= 0.6 is 0 Å². The lowest BCUT2D eigenvalue weighted by Gasteiger charge is -2.33. The first-order valence-corrected chi connectivity index (χ1v) is 12.8. The first-order valence-electron chi connectivity index (χ1n) is 12.8. The van der Waals surface area contributed by atoms with Crippen molar-refractivity contribution in [2.24, 2.45) is 0 Å². The van der Waals surface area contributed by atoms with E-state index in [9.17, 15) is 4.79 Å². The molecule has 198 valence electrons. The number of hydrogen-bond acceptors (Lipinski definition) is 6. The number of amides is 1. The van der Waals surface area contributed by atoms with E-state index in [1.807, 2.05) is 79.7 Å². The molecule has 1 aliphatic heterocycles. The zero-order valence-electron chi connectivity index (χ0n) is 21.9. The summed E-state index contributed by atoms with van der Waals surface area (Å²) in [7, 11) is 1.66. The van der Waals surface area contributed by atoms with Gasteiger partial charge in [0.05, 0.1) is 33.5 Å². The summed E-state index contributed by atoms with van der Waals surface area (Å²) in [6.07, 6.45) is 3.54. The summed E-state index contributed by atoms with van der Waals surface area (Å²) in [5.74, 6) is 4.62. The Morgan fingerprint density at radius 2 is 1.76 bits per heavy atom. The number of aryl methyl sites for hydroxylation is 1. The lowest BCUT2D eigenvalue weighted by molar-refractivity contribution is -0.118. The summed E-state index contributed by atoms with van der Waals surface area (Å²) in [5.41, 5.74) is 4.06. The number of nitrogens with zero attached hydrogens (tertiary/aromatic N) is 1. The molecule has 0 saturated carbocycles.